The Kier molecular flexibility index (Phi) is 7.42. The summed E-state index contributed by atoms with van der Waals surface area (Å²) in [7, 11) is -3.33. The van der Waals surface area contributed by atoms with Gasteiger partial charge in [0.2, 0.25) is 15.9 Å². The number of benzene rings is 2. The van der Waals surface area contributed by atoms with Crippen molar-refractivity contribution in [3.8, 4) is 5.88 Å². The summed E-state index contributed by atoms with van der Waals surface area (Å²) < 4.78 is 58.9. The number of aryl methyl sites for hydroxylation is 1. The van der Waals surface area contributed by atoms with Gasteiger partial charge < -0.3 is 4.74 Å². The number of hydrogen-bond donors (Lipinski definition) is 1. The van der Waals surface area contributed by atoms with Crippen molar-refractivity contribution < 1.29 is 21.9 Å². The van der Waals surface area contributed by atoms with Gasteiger partial charge >= 0.3 is 0 Å². The van der Waals surface area contributed by atoms with Gasteiger partial charge in [-0.15, -0.1) is 0 Å². The smallest absolute Gasteiger partial charge is 0.272 e. The number of hydrogen-bond acceptors (Lipinski definition) is 5. The van der Waals surface area contributed by atoms with Crippen LogP contribution in [0.15, 0.2) is 51.7 Å². The van der Waals surface area contributed by atoms with Crippen molar-refractivity contribution in [3.63, 3.8) is 0 Å². The molecule has 3 aromatic rings. The van der Waals surface area contributed by atoms with Gasteiger partial charge in [-0.2, -0.15) is 4.98 Å². The first-order valence-electron chi connectivity index (χ1n) is 9.39. The molecule has 11 heteroatoms. The Bertz CT molecular complexity index is 1310. The van der Waals surface area contributed by atoms with Crippen molar-refractivity contribution >= 4 is 26.0 Å². The molecule has 2 aromatic carbocycles. The minimum atomic E-state index is -3.33. The van der Waals surface area contributed by atoms with Gasteiger partial charge in [-0.1, -0.05) is 24.3 Å². The first-order valence-corrected chi connectivity index (χ1v) is 12.1. The van der Waals surface area contributed by atoms with Crippen molar-refractivity contribution in [1.82, 2.24) is 14.3 Å². The Morgan fingerprint density at radius 1 is 1.16 bits per heavy atom. The van der Waals surface area contributed by atoms with Gasteiger partial charge in [-0.25, -0.2) is 21.9 Å². The number of aromatic nitrogens is 2. The van der Waals surface area contributed by atoms with Gasteiger partial charge in [-0.05, 0) is 46.1 Å². The van der Waals surface area contributed by atoms with E-state index in [2.05, 4.69) is 25.6 Å². The maximum absolute atomic E-state index is 13.8. The summed E-state index contributed by atoms with van der Waals surface area (Å²) in [6, 6.07) is 10.3. The second-order valence-corrected chi connectivity index (χ2v) is 9.73. The molecule has 1 N–H and O–H groups in total. The van der Waals surface area contributed by atoms with E-state index < -0.39 is 27.2 Å². The quantitative estimate of drug-likeness (QED) is 0.485. The average molecular weight is 528 g/mol. The molecule has 0 saturated carbocycles. The minimum absolute atomic E-state index is 0.00132. The van der Waals surface area contributed by atoms with Crippen LogP contribution in [0.1, 0.15) is 22.5 Å². The Morgan fingerprint density at radius 2 is 1.88 bits per heavy atom. The monoisotopic (exact) mass is 527 g/mol. The van der Waals surface area contributed by atoms with Crippen LogP contribution in [0.4, 0.5) is 8.78 Å². The Hall–Kier alpha value is -2.63. The molecule has 170 valence electrons. The lowest BCUT2D eigenvalue weighted by Gasteiger charge is -2.14. The second kappa shape index (κ2) is 9.88. The maximum atomic E-state index is 13.8. The lowest BCUT2D eigenvalue weighted by atomic mass is 10.1. The standard InChI is InChI=1S/C21H20BrF2N3O4S/c1-13-26-20(31-12-16-6-7-17(23)9-18(16)24)19(22)21(28)27(13)11-15-5-3-4-14(8-15)10-25-32(2,29)30/h3-9,25H,10-12H2,1-2H3. The summed E-state index contributed by atoms with van der Waals surface area (Å²) in [5.74, 6) is -1.08. The van der Waals surface area contributed by atoms with Crippen LogP contribution in [0, 0.1) is 18.6 Å². The largest absolute Gasteiger partial charge is 0.472 e. The van der Waals surface area contributed by atoms with Crippen LogP contribution < -0.4 is 15.0 Å². The molecule has 0 amide bonds. The molecule has 0 bridgehead atoms. The maximum Gasteiger partial charge on any atom is 0.272 e. The first kappa shape index (κ1) is 24.0. The van der Waals surface area contributed by atoms with Gasteiger partial charge in [0.25, 0.3) is 5.56 Å². The Balaban J connectivity index is 1.79. The van der Waals surface area contributed by atoms with Crippen molar-refractivity contribution in [1.29, 1.82) is 0 Å². The fraction of sp³-hybridized carbons (Fsp3) is 0.238. The van der Waals surface area contributed by atoms with E-state index in [-0.39, 0.29) is 35.6 Å². The molecule has 0 aliphatic carbocycles. The number of halogens is 3. The number of sulfonamides is 1. The SMILES string of the molecule is Cc1nc(OCc2ccc(F)cc2F)c(Br)c(=O)n1Cc1cccc(CNS(C)(=O)=O)c1. The zero-order chi connectivity index (χ0) is 23.5. The summed E-state index contributed by atoms with van der Waals surface area (Å²) in [5, 5.41) is 0. The fourth-order valence-electron chi connectivity index (χ4n) is 2.91. The lowest BCUT2D eigenvalue weighted by Crippen LogP contribution is -2.26. The van der Waals surface area contributed by atoms with Crippen molar-refractivity contribution in [2.45, 2.75) is 26.6 Å². The van der Waals surface area contributed by atoms with E-state index >= 15 is 0 Å². The molecular weight excluding hydrogens is 508 g/mol. The molecule has 32 heavy (non-hydrogen) atoms. The third-order valence-electron chi connectivity index (χ3n) is 4.52. The molecule has 0 spiro atoms. The molecule has 0 unspecified atom stereocenters. The molecule has 0 radical (unpaired) electrons. The normalized spacial score (nSPS) is 11.5. The predicted molar refractivity (Wildman–Crippen MR) is 119 cm³/mol. The molecular formula is C21H20BrF2N3O4S. The number of nitrogens with zero attached hydrogens (tertiary/aromatic N) is 2. The topological polar surface area (TPSA) is 90.3 Å². The highest BCUT2D eigenvalue weighted by Crippen LogP contribution is 2.21. The predicted octanol–water partition coefficient (Wildman–Crippen LogP) is 3.27. The van der Waals surface area contributed by atoms with Crippen LogP contribution in [0.2, 0.25) is 0 Å². The highest BCUT2D eigenvalue weighted by atomic mass is 79.9. The third-order valence-corrected chi connectivity index (χ3v) is 5.87. The van der Waals surface area contributed by atoms with Gasteiger partial charge in [0.05, 0.1) is 12.8 Å². The lowest BCUT2D eigenvalue weighted by molar-refractivity contribution is 0.282. The van der Waals surface area contributed by atoms with Gasteiger partial charge in [0, 0.05) is 18.2 Å². The van der Waals surface area contributed by atoms with Crippen LogP contribution in [0.3, 0.4) is 0 Å². The molecule has 7 nitrogen and oxygen atoms in total. The number of rotatable bonds is 8. The highest BCUT2D eigenvalue weighted by molar-refractivity contribution is 9.10. The summed E-state index contributed by atoms with van der Waals surface area (Å²) in [5.41, 5.74) is 1.25. The molecule has 0 saturated heterocycles. The summed E-state index contributed by atoms with van der Waals surface area (Å²) in [6.45, 7) is 1.75. The second-order valence-electron chi connectivity index (χ2n) is 7.11. The summed E-state index contributed by atoms with van der Waals surface area (Å²) in [6.07, 6.45) is 1.08. The van der Waals surface area contributed by atoms with Gasteiger partial charge in [0.1, 0.15) is 28.5 Å². The van der Waals surface area contributed by atoms with Crippen molar-refractivity contribution in [2.24, 2.45) is 0 Å². The van der Waals surface area contributed by atoms with Crippen molar-refractivity contribution in [2.75, 3.05) is 6.26 Å². The minimum Gasteiger partial charge on any atom is -0.472 e. The van der Waals surface area contributed by atoms with E-state index in [1.165, 1.54) is 10.6 Å². The number of nitrogens with one attached hydrogen (secondary N) is 1. The number of ether oxygens (including phenoxy) is 1. The zero-order valence-electron chi connectivity index (χ0n) is 17.2. The molecule has 3 rings (SSSR count). The molecule has 0 fully saturated rings. The van der Waals surface area contributed by atoms with E-state index in [1.807, 2.05) is 6.07 Å². The Morgan fingerprint density at radius 3 is 2.56 bits per heavy atom. The molecule has 0 atom stereocenters. The molecule has 1 aromatic heterocycles. The van der Waals surface area contributed by atoms with E-state index in [0.717, 1.165) is 29.5 Å². The van der Waals surface area contributed by atoms with E-state index in [4.69, 9.17) is 4.74 Å². The molecule has 1 heterocycles. The first-order chi connectivity index (χ1) is 15.0. The fourth-order valence-corrected chi connectivity index (χ4v) is 3.76. The Labute approximate surface area is 192 Å². The van der Waals surface area contributed by atoms with E-state index in [0.29, 0.717) is 5.82 Å². The van der Waals surface area contributed by atoms with Crippen LogP contribution >= 0.6 is 15.9 Å². The van der Waals surface area contributed by atoms with Gasteiger partial charge in [0.15, 0.2) is 0 Å². The summed E-state index contributed by atoms with van der Waals surface area (Å²) in [4.78, 5) is 17.1. The van der Waals surface area contributed by atoms with Crippen LogP contribution in [0.25, 0.3) is 0 Å². The van der Waals surface area contributed by atoms with Crippen LogP contribution in [-0.4, -0.2) is 24.2 Å². The van der Waals surface area contributed by atoms with E-state index in [1.54, 1.807) is 25.1 Å². The third kappa shape index (κ3) is 6.21. The van der Waals surface area contributed by atoms with Crippen LogP contribution in [-0.2, 0) is 29.7 Å². The molecule has 0 aliphatic heterocycles. The highest BCUT2D eigenvalue weighted by Gasteiger charge is 2.15. The van der Waals surface area contributed by atoms with E-state index in [9.17, 15) is 22.0 Å². The summed E-state index contributed by atoms with van der Waals surface area (Å²) >= 11 is 3.19. The van der Waals surface area contributed by atoms with Gasteiger partial charge in [-0.3, -0.25) is 9.36 Å². The van der Waals surface area contributed by atoms with Crippen LogP contribution in [0.5, 0.6) is 5.88 Å². The zero-order valence-corrected chi connectivity index (χ0v) is 19.6. The average Bonchev–Trinajstić information content (AvgIpc) is 2.72. The van der Waals surface area contributed by atoms with Crippen molar-refractivity contribution in [3.05, 3.63) is 91.4 Å². The molecule has 0 aliphatic rings.